The number of hydrogen-bond acceptors (Lipinski definition) is 4. The Morgan fingerprint density at radius 2 is 2.05 bits per heavy atom. The summed E-state index contributed by atoms with van der Waals surface area (Å²) in [7, 11) is 1.65. The molecular weight excluding hydrogens is 266 g/mol. The summed E-state index contributed by atoms with van der Waals surface area (Å²) in [5.74, 6) is -3.46. The molecule has 1 heterocycles. The van der Waals surface area contributed by atoms with Crippen LogP contribution in [0.4, 0.5) is 23.4 Å². The van der Waals surface area contributed by atoms with Crippen LogP contribution >= 0.6 is 0 Å². The number of hydrogen-bond donors (Lipinski definition) is 1. The van der Waals surface area contributed by atoms with Gasteiger partial charge in [-0.2, -0.15) is 8.78 Å². The van der Waals surface area contributed by atoms with Crippen molar-refractivity contribution in [2.75, 3.05) is 19.0 Å². The van der Waals surface area contributed by atoms with E-state index in [2.05, 4.69) is 20.0 Å². The fourth-order valence-electron chi connectivity index (χ4n) is 1.27. The Balaban J connectivity index is 2.62. The molecule has 0 saturated carbocycles. The predicted octanol–water partition coefficient (Wildman–Crippen LogP) is 2.50. The van der Waals surface area contributed by atoms with E-state index in [1.165, 1.54) is 0 Å². The number of aryl methyl sites for hydroxylation is 1. The maximum atomic E-state index is 12.6. The van der Waals surface area contributed by atoms with Gasteiger partial charge in [0.05, 0.1) is 0 Å². The normalized spacial score (nSPS) is 11.9. The van der Waals surface area contributed by atoms with Crippen LogP contribution in [0.25, 0.3) is 0 Å². The number of anilines is 1. The van der Waals surface area contributed by atoms with Crippen molar-refractivity contribution in [1.29, 1.82) is 0 Å². The van der Waals surface area contributed by atoms with Crippen molar-refractivity contribution in [3.63, 3.8) is 0 Å². The minimum atomic E-state index is -4.16. The van der Waals surface area contributed by atoms with Gasteiger partial charge in [0.1, 0.15) is 19.0 Å². The number of rotatable bonds is 7. The van der Waals surface area contributed by atoms with Crippen LogP contribution in [0.1, 0.15) is 18.4 Å². The third kappa shape index (κ3) is 4.62. The molecule has 0 atom stereocenters. The van der Waals surface area contributed by atoms with Gasteiger partial charge >= 0.3 is 12.3 Å². The molecule has 1 N–H and O–H groups in total. The van der Waals surface area contributed by atoms with Gasteiger partial charge in [0.25, 0.3) is 0 Å². The molecule has 19 heavy (non-hydrogen) atoms. The van der Waals surface area contributed by atoms with Crippen LogP contribution in [-0.2, 0) is 17.8 Å². The molecule has 0 aliphatic rings. The van der Waals surface area contributed by atoms with Crippen LogP contribution in [-0.4, -0.2) is 36.0 Å². The molecule has 4 nitrogen and oxygen atoms in total. The van der Waals surface area contributed by atoms with Crippen molar-refractivity contribution >= 4 is 5.82 Å². The molecule has 108 valence electrons. The molecule has 0 bridgehead atoms. The average Bonchev–Trinajstić information content (AvgIpc) is 2.37. The van der Waals surface area contributed by atoms with Gasteiger partial charge in [-0.3, -0.25) is 0 Å². The zero-order valence-corrected chi connectivity index (χ0v) is 10.6. The molecule has 0 aliphatic carbocycles. The largest absolute Gasteiger partial charge is 0.373 e. The second-order valence-electron chi connectivity index (χ2n) is 3.82. The van der Waals surface area contributed by atoms with E-state index >= 15 is 0 Å². The molecule has 8 heteroatoms. The first-order valence-electron chi connectivity index (χ1n) is 5.67. The van der Waals surface area contributed by atoms with Crippen molar-refractivity contribution in [2.24, 2.45) is 0 Å². The van der Waals surface area contributed by atoms with E-state index < -0.39 is 19.0 Å². The molecule has 0 spiro atoms. The van der Waals surface area contributed by atoms with Gasteiger partial charge in [0, 0.05) is 18.8 Å². The minimum absolute atomic E-state index is 0.175. The van der Waals surface area contributed by atoms with Crippen molar-refractivity contribution in [3.8, 4) is 0 Å². The Kier molecular flexibility index (Phi) is 5.46. The zero-order valence-electron chi connectivity index (χ0n) is 10.6. The lowest BCUT2D eigenvalue weighted by Gasteiger charge is -2.15. The van der Waals surface area contributed by atoms with E-state index in [0.717, 1.165) is 0 Å². The van der Waals surface area contributed by atoms with E-state index in [0.29, 0.717) is 17.9 Å². The summed E-state index contributed by atoms with van der Waals surface area (Å²) >= 11 is 0. The van der Waals surface area contributed by atoms with Gasteiger partial charge in [-0.1, -0.05) is 6.92 Å². The second kappa shape index (κ2) is 6.65. The smallest absolute Gasteiger partial charge is 0.330 e. The summed E-state index contributed by atoms with van der Waals surface area (Å²) in [4.78, 5) is 8.04. The summed E-state index contributed by atoms with van der Waals surface area (Å²) in [6, 6.07) is 1.71. The average molecular weight is 281 g/mol. The Morgan fingerprint density at radius 3 is 2.58 bits per heavy atom. The molecule has 1 aromatic heterocycles. The van der Waals surface area contributed by atoms with Crippen molar-refractivity contribution < 1.29 is 22.3 Å². The number of halogens is 4. The SMILES string of the molecule is CCc1cc(NC)nc(COCC(F)(F)C(F)F)n1. The highest BCUT2D eigenvalue weighted by Crippen LogP contribution is 2.23. The van der Waals surface area contributed by atoms with Crippen molar-refractivity contribution in [1.82, 2.24) is 9.97 Å². The van der Waals surface area contributed by atoms with Gasteiger partial charge < -0.3 is 10.1 Å². The quantitative estimate of drug-likeness (QED) is 0.780. The number of aromatic nitrogens is 2. The van der Waals surface area contributed by atoms with Crippen LogP contribution in [0, 0.1) is 0 Å². The monoisotopic (exact) mass is 281 g/mol. The van der Waals surface area contributed by atoms with Gasteiger partial charge in [0.15, 0.2) is 5.82 Å². The fourth-order valence-corrected chi connectivity index (χ4v) is 1.27. The molecular formula is C11H15F4N3O. The highest BCUT2D eigenvalue weighted by Gasteiger charge is 2.40. The molecule has 0 aliphatic heterocycles. The maximum absolute atomic E-state index is 12.6. The topological polar surface area (TPSA) is 47.0 Å². The number of ether oxygens (including phenoxy) is 1. The van der Waals surface area contributed by atoms with Crippen LogP contribution in [0.3, 0.4) is 0 Å². The fraction of sp³-hybridized carbons (Fsp3) is 0.636. The Morgan fingerprint density at radius 1 is 1.37 bits per heavy atom. The molecule has 0 saturated heterocycles. The number of alkyl halides is 4. The lowest BCUT2D eigenvalue weighted by molar-refractivity contribution is -0.168. The van der Waals surface area contributed by atoms with Gasteiger partial charge in [-0.05, 0) is 6.42 Å². The van der Waals surface area contributed by atoms with Gasteiger partial charge in [0.2, 0.25) is 0 Å². The third-order valence-electron chi connectivity index (χ3n) is 2.29. The third-order valence-corrected chi connectivity index (χ3v) is 2.29. The van der Waals surface area contributed by atoms with Crippen molar-refractivity contribution in [2.45, 2.75) is 32.3 Å². The van der Waals surface area contributed by atoms with Crippen LogP contribution in [0.2, 0.25) is 0 Å². The molecule has 0 unspecified atom stereocenters. The standard InChI is InChI=1S/C11H15F4N3O/c1-3-7-4-8(16-2)18-9(17-7)5-19-6-11(14,15)10(12)13/h4,10H,3,5-6H2,1-2H3,(H,16,17,18). The second-order valence-corrected chi connectivity index (χ2v) is 3.82. The molecule has 1 aromatic rings. The van der Waals surface area contributed by atoms with E-state index in [1.807, 2.05) is 6.92 Å². The highest BCUT2D eigenvalue weighted by atomic mass is 19.3. The molecule has 0 fully saturated rings. The molecule has 1 rings (SSSR count). The van der Waals surface area contributed by atoms with E-state index in [9.17, 15) is 17.6 Å². The minimum Gasteiger partial charge on any atom is -0.373 e. The maximum Gasteiger partial charge on any atom is 0.330 e. The van der Waals surface area contributed by atoms with Gasteiger partial charge in [-0.25, -0.2) is 18.7 Å². The lowest BCUT2D eigenvalue weighted by Crippen LogP contribution is -2.32. The van der Waals surface area contributed by atoms with Crippen LogP contribution in [0.5, 0.6) is 0 Å². The van der Waals surface area contributed by atoms with E-state index in [-0.39, 0.29) is 12.4 Å². The Hall–Kier alpha value is -1.44. The zero-order chi connectivity index (χ0) is 14.5. The predicted molar refractivity (Wildman–Crippen MR) is 61.6 cm³/mol. The molecule has 0 amide bonds. The number of nitrogens with zero attached hydrogens (tertiary/aromatic N) is 2. The summed E-state index contributed by atoms with van der Waals surface area (Å²) in [6.07, 6.45) is -3.11. The molecule has 0 aromatic carbocycles. The summed E-state index contributed by atoms with van der Waals surface area (Å²) in [5.41, 5.74) is 0.707. The van der Waals surface area contributed by atoms with E-state index in [1.54, 1.807) is 13.1 Å². The molecule has 0 radical (unpaired) electrons. The highest BCUT2D eigenvalue weighted by molar-refractivity contribution is 5.35. The Labute approximate surface area is 108 Å². The van der Waals surface area contributed by atoms with Gasteiger partial charge in [-0.15, -0.1) is 0 Å². The Bertz CT molecular complexity index is 393. The lowest BCUT2D eigenvalue weighted by atomic mass is 10.3. The van der Waals surface area contributed by atoms with E-state index in [4.69, 9.17) is 0 Å². The van der Waals surface area contributed by atoms with Crippen molar-refractivity contribution in [3.05, 3.63) is 17.6 Å². The van der Waals surface area contributed by atoms with Crippen LogP contribution in [0.15, 0.2) is 6.07 Å². The first-order chi connectivity index (χ1) is 8.89. The van der Waals surface area contributed by atoms with Crippen LogP contribution < -0.4 is 5.32 Å². The summed E-state index contributed by atoms with van der Waals surface area (Å²) in [6.45, 7) is 0.168. The summed E-state index contributed by atoms with van der Waals surface area (Å²) in [5, 5.41) is 2.79. The first kappa shape index (κ1) is 15.6. The first-order valence-corrected chi connectivity index (χ1v) is 5.67. The summed E-state index contributed by atoms with van der Waals surface area (Å²) < 4.78 is 53.6. The number of nitrogens with one attached hydrogen (secondary N) is 1.